The molecular formula is C11H11BrN2O. The summed E-state index contributed by atoms with van der Waals surface area (Å²) in [5.41, 5.74) is 0.755. The van der Waals surface area contributed by atoms with Crippen molar-refractivity contribution < 1.29 is 4.79 Å². The highest BCUT2D eigenvalue weighted by Crippen LogP contribution is 2.20. The summed E-state index contributed by atoms with van der Waals surface area (Å²) >= 11 is 3.34. The monoisotopic (exact) mass is 266 g/mol. The molecule has 0 aliphatic carbocycles. The number of carbonyl (C=O) groups excluding carboxylic acids is 1. The zero-order chi connectivity index (χ0) is 11.1. The molecule has 1 aromatic carbocycles. The van der Waals surface area contributed by atoms with Gasteiger partial charge < -0.3 is 5.32 Å². The van der Waals surface area contributed by atoms with E-state index in [4.69, 9.17) is 6.42 Å². The van der Waals surface area contributed by atoms with Crippen LogP contribution in [-0.4, -0.2) is 19.0 Å². The molecule has 2 N–H and O–H groups in total. The van der Waals surface area contributed by atoms with Crippen molar-refractivity contribution in [2.24, 2.45) is 0 Å². The first-order valence-corrected chi connectivity index (χ1v) is 5.22. The van der Waals surface area contributed by atoms with Gasteiger partial charge in [0.05, 0.1) is 18.8 Å². The molecule has 0 fully saturated rings. The Hall–Kier alpha value is -1.31. The van der Waals surface area contributed by atoms with Crippen molar-refractivity contribution >= 4 is 27.5 Å². The number of halogens is 1. The van der Waals surface area contributed by atoms with E-state index in [1.54, 1.807) is 0 Å². The van der Waals surface area contributed by atoms with Gasteiger partial charge in [-0.3, -0.25) is 10.1 Å². The molecule has 0 saturated heterocycles. The lowest BCUT2D eigenvalue weighted by Gasteiger charge is -2.06. The minimum atomic E-state index is -0.114. The first-order chi connectivity index (χ1) is 7.24. The Labute approximate surface area is 97.4 Å². The van der Waals surface area contributed by atoms with Gasteiger partial charge in [-0.2, -0.15) is 0 Å². The molecule has 78 valence electrons. The highest BCUT2D eigenvalue weighted by atomic mass is 79.9. The molecule has 0 radical (unpaired) electrons. The van der Waals surface area contributed by atoms with Crippen molar-refractivity contribution in [3.05, 3.63) is 28.7 Å². The molecule has 0 aliphatic rings. The number of hydrogen-bond donors (Lipinski definition) is 2. The van der Waals surface area contributed by atoms with E-state index in [2.05, 4.69) is 32.5 Å². The fraction of sp³-hybridized carbons (Fsp3) is 0.182. The molecule has 0 bridgehead atoms. The first-order valence-electron chi connectivity index (χ1n) is 4.42. The lowest BCUT2D eigenvalue weighted by atomic mass is 10.3. The van der Waals surface area contributed by atoms with Crippen molar-refractivity contribution in [1.82, 2.24) is 5.32 Å². The third-order valence-electron chi connectivity index (χ3n) is 1.66. The Kier molecular flexibility index (Phi) is 4.88. The number of nitrogens with one attached hydrogen (secondary N) is 2. The quantitative estimate of drug-likeness (QED) is 0.642. The van der Waals surface area contributed by atoms with Crippen LogP contribution in [0.15, 0.2) is 28.7 Å². The Morgan fingerprint density at radius 2 is 2.20 bits per heavy atom. The van der Waals surface area contributed by atoms with Crippen LogP contribution in [0.5, 0.6) is 0 Å². The number of para-hydroxylation sites is 1. The Morgan fingerprint density at radius 3 is 2.87 bits per heavy atom. The van der Waals surface area contributed by atoms with Crippen LogP contribution in [0.2, 0.25) is 0 Å². The summed E-state index contributed by atoms with van der Waals surface area (Å²) in [6.45, 7) is 0.606. The van der Waals surface area contributed by atoms with Gasteiger partial charge in [-0.25, -0.2) is 0 Å². The zero-order valence-corrected chi connectivity index (χ0v) is 9.67. The summed E-state index contributed by atoms with van der Waals surface area (Å²) in [5.74, 6) is 2.28. The van der Waals surface area contributed by atoms with E-state index in [0.717, 1.165) is 10.2 Å². The number of rotatable bonds is 4. The maximum absolute atomic E-state index is 11.4. The van der Waals surface area contributed by atoms with E-state index < -0.39 is 0 Å². The van der Waals surface area contributed by atoms with Crippen LogP contribution in [0.3, 0.4) is 0 Å². The summed E-state index contributed by atoms with van der Waals surface area (Å²) < 4.78 is 0.857. The Bertz CT molecular complexity index is 384. The van der Waals surface area contributed by atoms with E-state index in [0.29, 0.717) is 6.54 Å². The van der Waals surface area contributed by atoms with Gasteiger partial charge in [0.15, 0.2) is 0 Å². The SMILES string of the molecule is C#CCNCC(=O)Nc1ccccc1Br. The third-order valence-corrected chi connectivity index (χ3v) is 2.35. The highest BCUT2D eigenvalue weighted by Gasteiger charge is 2.03. The molecule has 0 saturated carbocycles. The highest BCUT2D eigenvalue weighted by molar-refractivity contribution is 9.10. The number of hydrogen-bond acceptors (Lipinski definition) is 2. The number of amides is 1. The zero-order valence-electron chi connectivity index (χ0n) is 8.09. The minimum absolute atomic E-state index is 0.114. The number of anilines is 1. The van der Waals surface area contributed by atoms with Crippen LogP contribution in [-0.2, 0) is 4.79 Å². The van der Waals surface area contributed by atoms with Gasteiger partial charge in [-0.1, -0.05) is 18.1 Å². The fourth-order valence-electron chi connectivity index (χ4n) is 1.01. The summed E-state index contributed by atoms with van der Waals surface area (Å²) in [6.07, 6.45) is 5.04. The third kappa shape index (κ3) is 4.15. The van der Waals surface area contributed by atoms with E-state index in [9.17, 15) is 4.79 Å². The van der Waals surface area contributed by atoms with Gasteiger partial charge in [-0.15, -0.1) is 6.42 Å². The maximum Gasteiger partial charge on any atom is 0.238 e. The summed E-state index contributed by atoms with van der Waals surface area (Å²) in [6, 6.07) is 7.43. The standard InChI is InChI=1S/C11H11BrN2O/c1-2-7-13-8-11(15)14-10-6-4-3-5-9(10)12/h1,3-6,13H,7-8H2,(H,14,15). The second kappa shape index (κ2) is 6.23. The summed E-state index contributed by atoms with van der Waals surface area (Å²) in [5, 5.41) is 5.56. The maximum atomic E-state index is 11.4. The van der Waals surface area contributed by atoms with Crippen molar-refractivity contribution in [2.45, 2.75) is 0 Å². The molecule has 0 heterocycles. The molecule has 4 heteroatoms. The van der Waals surface area contributed by atoms with Gasteiger partial charge >= 0.3 is 0 Å². The number of benzene rings is 1. The average molecular weight is 267 g/mol. The minimum Gasteiger partial charge on any atom is -0.324 e. The van der Waals surface area contributed by atoms with Gasteiger partial charge in [0.25, 0.3) is 0 Å². The summed E-state index contributed by atoms with van der Waals surface area (Å²) in [4.78, 5) is 11.4. The molecule has 1 amide bonds. The van der Waals surface area contributed by atoms with Crippen LogP contribution in [0.1, 0.15) is 0 Å². The van der Waals surface area contributed by atoms with Gasteiger partial charge in [0.2, 0.25) is 5.91 Å². The molecular weight excluding hydrogens is 256 g/mol. The molecule has 0 spiro atoms. The first kappa shape index (κ1) is 11.8. The van der Waals surface area contributed by atoms with Gasteiger partial charge in [0.1, 0.15) is 0 Å². The molecule has 1 rings (SSSR count). The van der Waals surface area contributed by atoms with Crippen LogP contribution in [0.4, 0.5) is 5.69 Å². The second-order valence-corrected chi connectivity index (χ2v) is 3.69. The van der Waals surface area contributed by atoms with Crippen LogP contribution in [0.25, 0.3) is 0 Å². The molecule has 0 unspecified atom stereocenters. The van der Waals surface area contributed by atoms with Crippen molar-refractivity contribution in [2.75, 3.05) is 18.4 Å². The van der Waals surface area contributed by atoms with E-state index in [1.807, 2.05) is 24.3 Å². The Morgan fingerprint density at radius 1 is 1.47 bits per heavy atom. The molecule has 15 heavy (non-hydrogen) atoms. The van der Waals surface area contributed by atoms with E-state index in [-0.39, 0.29) is 12.5 Å². The molecule has 0 aromatic heterocycles. The Balaban J connectivity index is 2.45. The smallest absolute Gasteiger partial charge is 0.238 e. The van der Waals surface area contributed by atoms with Crippen molar-refractivity contribution in [3.8, 4) is 12.3 Å². The van der Waals surface area contributed by atoms with Crippen molar-refractivity contribution in [3.63, 3.8) is 0 Å². The van der Waals surface area contributed by atoms with Gasteiger partial charge in [0, 0.05) is 4.47 Å². The number of carbonyl (C=O) groups is 1. The van der Waals surface area contributed by atoms with Crippen LogP contribution < -0.4 is 10.6 Å². The van der Waals surface area contributed by atoms with E-state index >= 15 is 0 Å². The molecule has 3 nitrogen and oxygen atoms in total. The fourth-order valence-corrected chi connectivity index (χ4v) is 1.39. The summed E-state index contributed by atoms with van der Waals surface area (Å²) in [7, 11) is 0. The normalized spacial score (nSPS) is 9.33. The lowest BCUT2D eigenvalue weighted by Crippen LogP contribution is -2.28. The van der Waals surface area contributed by atoms with E-state index in [1.165, 1.54) is 0 Å². The van der Waals surface area contributed by atoms with Gasteiger partial charge in [-0.05, 0) is 28.1 Å². The predicted molar refractivity (Wildman–Crippen MR) is 64.5 cm³/mol. The largest absolute Gasteiger partial charge is 0.324 e. The average Bonchev–Trinajstić information content (AvgIpc) is 2.22. The molecule has 0 aliphatic heterocycles. The van der Waals surface area contributed by atoms with Crippen LogP contribution in [0, 0.1) is 12.3 Å². The second-order valence-electron chi connectivity index (χ2n) is 2.84. The van der Waals surface area contributed by atoms with Crippen LogP contribution >= 0.6 is 15.9 Å². The molecule has 0 atom stereocenters. The molecule has 1 aromatic rings. The predicted octanol–water partition coefficient (Wildman–Crippen LogP) is 1.61. The lowest BCUT2D eigenvalue weighted by molar-refractivity contribution is -0.115. The van der Waals surface area contributed by atoms with Crippen molar-refractivity contribution in [1.29, 1.82) is 0 Å². The number of terminal acetylenes is 1. The topological polar surface area (TPSA) is 41.1 Å².